The predicted molar refractivity (Wildman–Crippen MR) is 211 cm³/mol. The van der Waals surface area contributed by atoms with E-state index in [0.717, 1.165) is 11.4 Å². The smallest absolute Gasteiger partial charge is 0.0720 e. The molecular weight excluding hydrogens is 615 g/mol. The van der Waals surface area contributed by atoms with Crippen LogP contribution in [0.15, 0.2) is 206 Å². The van der Waals surface area contributed by atoms with E-state index in [1.807, 2.05) is 0 Å². The van der Waals surface area contributed by atoms with Crippen molar-refractivity contribution in [1.82, 2.24) is 0 Å². The van der Waals surface area contributed by atoms with Gasteiger partial charge in [-0.15, -0.1) is 0 Å². The fourth-order valence-corrected chi connectivity index (χ4v) is 9.23. The standard InChI is InChI=1S/C50H35N/c1-5-18-35(19-6-1)36-32-43-42-28-13-14-29-44(42)50(38-22-9-3-10-23-38)46-31-16-15-30-45(46)49(47(33-36)48(43)50,37-20-7-2-8-21-37)39-24-17-27-41(34-39)51-40-25-11-4-12-26-40/h1-34,51H. The number of anilines is 2. The van der Waals surface area contributed by atoms with Crippen LogP contribution in [0.2, 0.25) is 0 Å². The monoisotopic (exact) mass is 649 g/mol. The van der Waals surface area contributed by atoms with Crippen LogP contribution in [-0.4, -0.2) is 0 Å². The highest BCUT2D eigenvalue weighted by molar-refractivity contribution is 5.94. The second kappa shape index (κ2) is 11.6. The molecule has 8 aromatic rings. The van der Waals surface area contributed by atoms with E-state index >= 15 is 0 Å². The molecule has 0 aliphatic heterocycles. The van der Waals surface area contributed by atoms with Gasteiger partial charge in [-0.3, -0.25) is 0 Å². The third-order valence-electron chi connectivity index (χ3n) is 11.2. The van der Waals surface area contributed by atoms with Gasteiger partial charge in [-0.1, -0.05) is 170 Å². The molecule has 0 bridgehead atoms. The summed E-state index contributed by atoms with van der Waals surface area (Å²) in [7, 11) is 0. The first-order valence-electron chi connectivity index (χ1n) is 17.8. The van der Waals surface area contributed by atoms with E-state index in [1.165, 1.54) is 66.8 Å². The molecule has 240 valence electrons. The highest BCUT2D eigenvalue weighted by Gasteiger charge is 2.57. The summed E-state index contributed by atoms with van der Waals surface area (Å²) in [5, 5.41) is 3.72. The molecule has 0 heterocycles. The molecule has 2 aliphatic carbocycles. The summed E-state index contributed by atoms with van der Waals surface area (Å²) >= 11 is 0. The first kappa shape index (κ1) is 29.5. The molecule has 10 rings (SSSR count). The summed E-state index contributed by atoms with van der Waals surface area (Å²) < 4.78 is 0. The lowest BCUT2D eigenvalue weighted by Crippen LogP contribution is -2.44. The minimum atomic E-state index is -0.624. The number of hydrogen-bond acceptors (Lipinski definition) is 1. The second-order valence-electron chi connectivity index (χ2n) is 13.7. The van der Waals surface area contributed by atoms with Crippen molar-refractivity contribution in [3.05, 3.63) is 251 Å². The molecule has 0 spiro atoms. The maximum atomic E-state index is 3.72. The van der Waals surface area contributed by atoms with Gasteiger partial charge in [0.25, 0.3) is 0 Å². The zero-order chi connectivity index (χ0) is 33.8. The average Bonchev–Trinajstić information content (AvgIpc) is 3.51. The van der Waals surface area contributed by atoms with E-state index in [4.69, 9.17) is 0 Å². The lowest BCUT2D eigenvalue weighted by molar-refractivity contribution is 0.627. The van der Waals surface area contributed by atoms with Crippen LogP contribution in [0.25, 0.3) is 22.3 Å². The Kier molecular flexibility index (Phi) is 6.69. The summed E-state index contributed by atoms with van der Waals surface area (Å²) in [4.78, 5) is 0. The Balaban J connectivity index is 1.40. The molecule has 2 atom stereocenters. The van der Waals surface area contributed by atoms with Crippen molar-refractivity contribution in [3.63, 3.8) is 0 Å². The first-order valence-corrected chi connectivity index (χ1v) is 17.8. The van der Waals surface area contributed by atoms with Gasteiger partial charge < -0.3 is 5.32 Å². The summed E-state index contributed by atoms with van der Waals surface area (Å²) in [5.74, 6) is 0. The van der Waals surface area contributed by atoms with Crippen LogP contribution in [0.5, 0.6) is 0 Å². The van der Waals surface area contributed by atoms with Gasteiger partial charge in [-0.25, -0.2) is 0 Å². The molecule has 0 saturated heterocycles. The number of para-hydroxylation sites is 1. The van der Waals surface area contributed by atoms with Crippen molar-refractivity contribution in [2.45, 2.75) is 10.8 Å². The molecule has 0 fully saturated rings. The second-order valence-corrected chi connectivity index (χ2v) is 13.7. The van der Waals surface area contributed by atoms with Crippen molar-refractivity contribution < 1.29 is 0 Å². The third kappa shape index (κ3) is 4.22. The Bertz CT molecular complexity index is 2540. The van der Waals surface area contributed by atoms with Crippen molar-refractivity contribution in [2.75, 3.05) is 5.32 Å². The van der Waals surface area contributed by atoms with Gasteiger partial charge in [0, 0.05) is 11.4 Å². The van der Waals surface area contributed by atoms with Gasteiger partial charge in [-0.2, -0.15) is 0 Å². The Labute approximate surface area is 299 Å². The topological polar surface area (TPSA) is 12.0 Å². The Morgan fingerprint density at radius 2 is 0.804 bits per heavy atom. The molecule has 8 aromatic carbocycles. The van der Waals surface area contributed by atoms with Crippen molar-refractivity contribution in [2.24, 2.45) is 0 Å². The Morgan fingerprint density at radius 3 is 1.49 bits per heavy atom. The lowest BCUT2D eigenvalue weighted by atomic mass is 9.51. The molecule has 1 heteroatoms. The molecule has 0 radical (unpaired) electrons. The average molecular weight is 650 g/mol. The molecule has 1 nitrogen and oxygen atoms in total. The fraction of sp³-hybridized carbons (Fsp3) is 0.0400. The van der Waals surface area contributed by atoms with Crippen molar-refractivity contribution in [3.8, 4) is 22.3 Å². The van der Waals surface area contributed by atoms with E-state index < -0.39 is 10.8 Å². The Hall–Kier alpha value is -6.44. The number of nitrogens with one attached hydrogen (secondary N) is 1. The van der Waals surface area contributed by atoms with E-state index in [2.05, 4.69) is 212 Å². The molecular formula is C50H35N. The number of hydrogen-bond donors (Lipinski definition) is 1. The summed E-state index contributed by atoms with van der Waals surface area (Å²) in [6, 6.07) is 76.1. The third-order valence-corrected chi connectivity index (χ3v) is 11.2. The lowest BCUT2D eigenvalue weighted by Gasteiger charge is -2.49. The molecule has 1 N–H and O–H groups in total. The molecule has 0 amide bonds. The normalized spacial score (nSPS) is 18.0. The first-order chi connectivity index (χ1) is 25.3. The highest BCUT2D eigenvalue weighted by Crippen LogP contribution is 2.66. The molecule has 0 saturated carbocycles. The largest absolute Gasteiger partial charge is 0.356 e. The van der Waals surface area contributed by atoms with Gasteiger partial charge >= 0.3 is 0 Å². The van der Waals surface area contributed by atoms with Crippen molar-refractivity contribution in [1.29, 1.82) is 0 Å². The summed E-state index contributed by atoms with van der Waals surface area (Å²) in [5.41, 5.74) is 16.5. The Morgan fingerprint density at radius 1 is 0.294 bits per heavy atom. The predicted octanol–water partition coefficient (Wildman–Crippen LogP) is 12.2. The van der Waals surface area contributed by atoms with Crippen LogP contribution >= 0.6 is 0 Å². The van der Waals surface area contributed by atoms with Crippen LogP contribution in [0.3, 0.4) is 0 Å². The van der Waals surface area contributed by atoms with Gasteiger partial charge in [0.2, 0.25) is 0 Å². The quantitative estimate of drug-likeness (QED) is 0.189. The van der Waals surface area contributed by atoms with E-state index in [9.17, 15) is 0 Å². The molecule has 0 aromatic heterocycles. The van der Waals surface area contributed by atoms with Crippen LogP contribution in [0.1, 0.15) is 44.5 Å². The van der Waals surface area contributed by atoms with Crippen LogP contribution in [0, 0.1) is 0 Å². The van der Waals surface area contributed by atoms with E-state index in [-0.39, 0.29) is 0 Å². The minimum absolute atomic E-state index is 0.494. The van der Waals surface area contributed by atoms with Crippen LogP contribution in [-0.2, 0) is 10.8 Å². The highest BCUT2D eigenvalue weighted by atomic mass is 14.9. The zero-order valence-electron chi connectivity index (χ0n) is 28.1. The van der Waals surface area contributed by atoms with Gasteiger partial charge in [0.15, 0.2) is 0 Å². The maximum Gasteiger partial charge on any atom is 0.0720 e. The molecule has 2 aliphatic rings. The van der Waals surface area contributed by atoms with Crippen LogP contribution in [0.4, 0.5) is 11.4 Å². The van der Waals surface area contributed by atoms with Gasteiger partial charge in [0.05, 0.1) is 10.8 Å². The number of fused-ring (bicyclic) bond motifs is 5. The van der Waals surface area contributed by atoms with E-state index in [1.54, 1.807) is 0 Å². The number of rotatable bonds is 6. The SMILES string of the molecule is c1ccc(Nc2cccc(C3(c4ccccc4)c4ccccc4C4(c5ccccc5)c5ccccc5-c5cc(-c6ccccc6)cc3c54)c2)cc1. The zero-order valence-corrected chi connectivity index (χ0v) is 28.1. The van der Waals surface area contributed by atoms with Gasteiger partial charge in [-0.05, 0) is 103 Å². The fourth-order valence-electron chi connectivity index (χ4n) is 9.23. The maximum absolute atomic E-state index is 3.72. The van der Waals surface area contributed by atoms with E-state index in [0.29, 0.717) is 0 Å². The van der Waals surface area contributed by atoms with Crippen molar-refractivity contribution >= 4 is 11.4 Å². The summed E-state index contributed by atoms with van der Waals surface area (Å²) in [6.07, 6.45) is 0. The minimum Gasteiger partial charge on any atom is -0.356 e. The molecule has 2 unspecified atom stereocenters. The number of benzene rings is 8. The molecule has 51 heavy (non-hydrogen) atoms. The van der Waals surface area contributed by atoms with Gasteiger partial charge in [0.1, 0.15) is 0 Å². The summed E-state index contributed by atoms with van der Waals surface area (Å²) in [6.45, 7) is 0. The van der Waals surface area contributed by atoms with Crippen LogP contribution < -0.4 is 5.32 Å².